The molecule has 2 N–H and O–H groups in total. The summed E-state index contributed by atoms with van der Waals surface area (Å²) in [7, 11) is -2.27. The first-order chi connectivity index (χ1) is 9.45. The van der Waals surface area contributed by atoms with E-state index in [1.807, 2.05) is 0 Å². The number of hydrogen-bond donors (Lipinski definition) is 1. The lowest BCUT2D eigenvalue weighted by atomic mass is 10.1. The van der Waals surface area contributed by atoms with Gasteiger partial charge in [-0.3, -0.25) is 0 Å². The van der Waals surface area contributed by atoms with E-state index >= 15 is 0 Å². The van der Waals surface area contributed by atoms with Crippen molar-refractivity contribution in [2.45, 2.75) is 37.1 Å². The second kappa shape index (κ2) is 6.20. The van der Waals surface area contributed by atoms with Gasteiger partial charge in [0.05, 0.1) is 0 Å². The molecule has 0 unspecified atom stereocenters. The van der Waals surface area contributed by atoms with Gasteiger partial charge in [0, 0.05) is 20.1 Å². The predicted molar refractivity (Wildman–Crippen MR) is 76.1 cm³/mol. The van der Waals surface area contributed by atoms with E-state index in [1.54, 1.807) is 0 Å². The highest BCUT2D eigenvalue weighted by Crippen LogP contribution is 2.27. The van der Waals surface area contributed by atoms with Gasteiger partial charge in [0.2, 0.25) is 10.0 Å². The summed E-state index contributed by atoms with van der Waals surface area (Å²) >= 11 is 0. The molecule has 1 aromatic carbocycles. The molecule has 20 heavy (non-hydrogen) atoms. The van der Waals surface area contributed by atoms with E-state index in [2.05, 4.69) is 0 Å². The van der Waals surface area contributed by atoms with Crippen molar-refractivity contribution in [3.8, 4) is 0 Å². The smallest absolute Gasteiger partial charge is 0.245 e. The molecule has 2 rings (SSSR count). The summed E-state index contributed by atoms with van der Waals surface area (Å²) in [5, 5.41) is 0. The Kier molecular flexibility index (Phi) is 4.78. The van der Waals surface area contributed by atoms with E-state index in [-0.39, 0.29) is 11.4 Å². The predicted octanol–water partition coefficient (Wildman–Crippen LogP) is 2.10. The number of nitrogens with two attached hydrogens (primary N) is 1. The highest BCUT2D eigenvalue weighted by Gasteiger charge is 2.27. The van der Waals surface area contributed by atoms with Crippen LogP contribution in [0.1, 0.15) is 31.2 Å². The van der Waals surface area contributed by atoms with E-state index < -0.39 is 15.8 Å². The standard InChI is InChI=1S/C14H21FN2O2S/c1-17(10-11-4-2-3-5-11)20(18,19)14-8-12(9-16)6-7-13(14)15/h6-8,11H,2-5,9-10,16H2,1H3. The van der Waals surface area contributed by atoms with Crippen LogP contribution in [0.25, 0.3) is 0 Å². The zero-order valence-electron chi connectivity index (χ0n) is 11.7. The Morgan fingerprint density at radius 3 is 2.60 bits per heavy atom. The van der Waals surface area contributed by atoms with Gasteiger partial charge < -0.3 is 5.73 Å². The van der Waals surface area contributed by atoms with Crippen molar-refractivity contribution in [3.63, 3.8) is 0 Å². The van der Waals surface area contributed by atoms with Crippen LogP contribution in [0.3, 0.4) is 0 Å². The summed E-state index contributed by atoms with van der Waals surface area (Å²) in [6.45, 7) is 0.643. The lowest BCUT2D eigenvalue weighted by molar-refractivity contribution is 0.385. The molecule has 0 saturated heterocycles. The van der Waals surface area contributed by atoms with Gasteiger partial charge in [0.25, 0.3) is 0 Å². The molecule has 1 saturated carbocycles. The van der Waals surface area contributed by atoms with Crippen molar-refractivity contribution < 1.29 is 12.8 Å². The molecule has 1 fully saturated rings. The molecule has 0 amide bonds. The van der Waals surface area contributed by atoms with Crippen LogP contribution in [0.5, 0.6) is 0 Å². The Labute approximate surface area is 119 Å². The van der Waals surface area contributed by atoms with E-state index in [1.165, 1.54) is 29.6 Å². The molecule has 0 bridgehead atoms. The van der Waals surface area contributed by atoms with Crippen molar-refractivity contribution in [3.05, 3.63) is 29.6 Å². The van der Waals surface area contributed by atoms with Crippen molar-refractivity contribution in [2.75, 3.05) is 13.6 Å². The van der Waals surface area contributed by atoms with E-state index in [9.17, 15) is 12.8 Å². The minimum absolute atomic E-state index is 0.190. The molecule has 4 nitrogen and oxygen atoms in total. The minimum atomic E-state index is -3.79. The summed E-state index contributed by atoms with van der Waals surface area (Å²) in [5.41, 5.74) is 6.10. The second-order valence-electron chi connectivity index (χ2n) is 5.40. The summed E-state index contributed by atoms with van der Waals surface area (Å²) in [5.74, 6) is -0.337. The average molecular weight is 300 g/mol. The molecule has 0 heterocycles. The maximum atomic E-state index is 13.8. The van der Waals surface area contributed by atoms with Crippen LogP contribution in [0.4, 0.5) is 4.39 Å². The molecule has 0 atom stereocenters. The Morgan fingerprint density at radius 2 is 2.00 bits per heavy atom. The molecule has 0 aliphatic heterocycles. The van der Waals surface area contributed by atoms with Crippen molar-refractivity contribution in [2.24, 2.45) is 11.7 Å². The number of sulfonamides is 1. The monoisotopic (exact) mass is 300 g/mol. The van der Waals surface area contributed by atoms with E-state index in [0.717, 1.165) is 25.7 Å². The van der Waals surface area contributed by atoms with Crippen LogP contribution >= 0.6 is 0 Å². The Morgan fingerprint density at radius 1 is 1.35 bits per heavy atom. The fourth-order valence-electron chi connectivity index (χ4n) is 2.69. The molecule has 1 aliphatic rings. The van der Waals surface area contributed by atoms with Crippen LogP contribution in [-0.4, -0.2) is 26.3 Å². The molecule has 112 valence electrons. The first-order valence-corrected chi connectivity index (χ1v) is 8.34. The highest BCUT2D eigenvalue weighted by atomic mass is 32.2. The van der Waals surface area contributed by atoms with Gasteiger partial charge in [-0.1, -0.05) is 18.9 Å². The van der Waals surface area contributed by atoms with Gasteiger partial charge >= 0.3 is 0 Å². The van der Waals surface area contributed by atoms with Gasteiger partial charge in [-0.15, -0.1) is 0 Å². The molecule has 0 radical (unpaired) electrons. The third-order valence-corrected chi connectivity index (χ3v) is 5.75. The van der Waals surface area contributed by atoms with Crippen molar-refractivity contribution in [1.82, 2.24) is 4.31 Å². The van der Waals surface area contributed by atoms with Gasteiger partial charge in [0.15, 0.2) is 0 Å². The highest BCUT2D eigenvalue weighted by molar-refractivity contribution is 7.89. The molecular formula is C14H21FN2O2S. The van der Waals surface area contributed by atoms with Crippen molar-refractivity contribution in [1.29, 1.82) is 0 Å². The lowest BCUT2D eigenvalue weighted by Gasteiger charge is -2.21. The fraction of sp³-hybridized carbons (Fsp3) is 0.571. The summed E-state index contributed by atoms with van der Waals surface area (Å²) in [6, 6.07) is 4.00. The van der Waals surface area contributed by atoms with Crippen LogP contribution in [0.2, 0.25) is 0 Å². The number of nitrogens with zero attached hydrogens (tertiary/aromatic N) is 1. The third-order valence-electron chi connectivity index (χ3n) is 3.91. The molecule has 1 aromatic rings. The molecule has 0 spiro atoms. The topological polar surface area (TPSA) is 63.4 Å². The Bertz CT molecular complexity index is 569. The van der Waals surface area contributed by atoms with Crippen LogP contribution in [-0.2, 0) is 16.6 Å². The number of rotatable bonds is 5. The lowest BCUT2D eigenvalue weighted by Crippen LogP contribution is -2.32. The molecule has 6 heteroatoms. The number of benzene rings is 1. The summed E-state index contributed by atoms with van der Waals surface area (Å²) in [6.07, 6.45) is 4.39. The van der Waals surface area contributed by atoms with E-state index in [0.29, 0.717) is 18.0 Å². The largest absolute Gasteiger partial charge is 0.326 e. The normalized spacial score (nSPS) is 17.0. The molecule has 1 aliphatic carbocycles. The zero-order chi connectivity index (χ0) is 14.8. The van der Waals surface area contributed by atoms with E-state index in [4.69, 9.17) is 5.73 Å². The zero-order valence-corrected chi connectivity index (χ0v) is 12.5. The SMILES string of the molecule is CN(CC1CCCC1)S(=O)(=O)c1cc(CN)ccc1F. The summed E-state index contributed by atoms with van der Waals surface area (Å²) in [4.78, 5) is -0.277. The van der Waals surface area contributed by atoms with Gasteiger partial charge in [-0.25, -0.2) is 17.1 Å². The van der Waals surface area contributed by atoms with Crippen LogP contribution in [0.15, 0.2) is 23.1 Å². The quantitative estimate of drug-likeness (QED) is 0.905. The molecule has 0 aromatic heterocycles. The fourth-order valence-corrected chi connectivity index (χ4v) is 4.05. The second-order valence-corrected chi connectivity index (χ2v) is 7.42. The number of hydrogen-bond acceptors (Lipinski definition) is 3. The average Bonchev–Trinajstić information content (AvgIpc) is 2.92. The first-order valence-electron chi connectivity index (χ1n) is 6.90. The maximum Gasteiger partial charge on any atom is 0.245 e. The minimum Gasteiger partial charge on any atom is -0.326 e. The van der Waals surface area contributed by atoms with Gasteiger partial charge in [-0.05, 0) is 36.5 Å². The Balaban J connectivity index is 2.24. The van der Waals surface area contributed by atoms with Crippen LogP contribution < -0.4 is 5.73 Å². The van der Waals surface area contributed by atoms with Gasteiger partial charge in [0.1, 0.15) is 10.7 Å². The summed E-state index contributed by atoms with van der Waals surface area (Å²) < 4.78 is 40.0. The first kappa shape index (κ1) is 15.4. The van der Waals surface area contributed by atoms with Gasteiger partial charge in [-0.2, -0.15) is 0 Å². The third kappa shape index (κ3) is 3.19. The Hall–Kier alpha value is -0.980. The van der Waals surface area contributed by atoms with Crippen LogP contribution in [0, 0.1) is 11.7 Å². The number of halogens is 1. The van der Waals surface area contributed by atoms with Crippen molar-refractivity contribution >= 4 is 10.0 Å². The molecular weight excluding hydrogens is 279 g/mol. The maximum absolute atomic E-state index is 13.8.